The van der Waals surface area contributed by atoms with Crippen LogP contribution >= 0.6 is 11.6 Å². The van der Waals surface area contributed by atoms with Gasteiger partial charge in [0, 0.05) is 5.56 Å². The van der Waals surface area contributed by atoms with E-state index in [-0.39, 0.29) is 46.0 Å². The average Bonchev–Trinajstić information content (AvgIpc) is 2.97. The van der Waals surface area contributed by atoms with E-state index in [2.05, 4.69) is 41.5 Å². The number of aryl methyl sites for hydroxylation is 1. The van der Waals surface area contributed by atoms with Crippen molar-refractivity contribution in [1.82, 2.24) is 0 Å². The Morgan fingerprint density at radius 1 is 0.930 bits per heavy atom. The molecule has 0 amide bonds. The largest absolute Gasteiger partial charge is 0.494 e. The van der Waals surface area contributed by atoms with Gasteiger partial charge in [0.05, 0.1) is 17.7 Å². The van der Waals surface area contributed by atoms with Crippen LogP contribution < -0.4 is 9.47 Å². The zero-order chi connectivity index (χ0) is 31.3. The van der Waals surface area contributed by atoms with Crippen molar-refractivity contribution < 1.29 is 28.9 Å². The van der Waals surface area contributed by atoms with Gasteiger partial charge < -0.3 is 24.1 Å². The predicted molar refractivity (Wildman–Crippen MR) is 172 cm³/mol. The zero-order valence-electron chi connectivity index (χ0n) is 26.1. The van der Waals surface area contributed by atoms with Crippen LogP contribution in [0.25, 0.3) is 0 Å². The summed E-state index contributed by atoms with van der Waals surface area (Å²) in [5.41, 5.74) is -1.04. The second-order valence-corrected chi connectivity index (χ2v) is 18.7. The van der Waals surface area contributed by atoms with Crippen LogP contribution in [0.15, 0.2) is 60.7 Å². The van der Waals surface area contributed by atoms with Crippen molar-refractivity contribution in [1.29, 1.82) is 0 Å². The SMILES string of the molecule is COc1c(Cl)ccc2c1C(=O)[C@]1(O)CCc3cccc(OCc4ccccc4)c3[C@]1(O)[C@@H]2O[Si](C(C)C)(C(C)C)C(C)C. The molecule has 0 aromatic heterocycles. The van der Waals surface area contributed by atoms with E-state index >= 15 is 0 Å². The molecular weight excluding hydrogens is 580 g/mol. The summed E-state index contributed by atoms with van der Waals surface area (Å²) in [7, 11) is -1.25. The Morgan fingerprint density at radius 3 is 2.19 bits per heavy atom. The number of rotatable bonds is 9. The van der Waals surface area contributed by atoms with E-state index in [1.165, 1.54) is 7.11 Å². The normalized spacial score (nSPS) is 23.3. The van der Waals surface area contributed by atoms with E-state index in [9.17, 15) is 15.0 Å². The highest BCUT2D eigenvalue weighted by molar-refractivity contribution is 6.77. The van der Waals surface area contributed by atoms with E-state index in [0.717, 1.165) is 11.1 Å². The molecule has 6 nitrogen and oxygen atoms in total. The molecule has 0 spiro atoms. The molecule has 8 heteroatoms. The molecule has 0 saturated carbocycles. The molecule has 2 aliphatic carbocycles. The summed E-state index contributed by atoms with van der Waals surface area (Å²) in [5.74, 6) is -0.0316. The van der Waals surface area contributed by atoms with Gasteiger partial charge in [-0.05, 0) is 58.3 Å². The van der Waals surface area contributed by atoms with Crippen LogP contribution in [0, 0.1) is 0 Å². The van der Waals surface area contributed by atoms with Crippen LogP contribution in [0.4, 0.5) is 0 Å². The van der Waals surface area contributed by atoms with Gasteiger partial charge in [0.15, 0.2) is 11.2 Å². The lowest BCUT2D eigenvalue weighted by Gasteiger charge is -2.57. The summed E-state index contributed by atoms with van der Waals surface area (Å²) >= 11 is 6.55. The molecule has 0 bridgehead atoms. The molecule has 43 heavy (non-hydrogen) atoms. The summed E-state index contributed by atoms with van der Waals surface area (Å²) < 4.78 is 19.5. The zero-order valence-corrected chi connectivity index (χ0v) is 27.9. The third-order valence-corrected chi connectivity index (χ3v) is 16.1. The molecule has 5 rings (SSSR count). The molecule has 0 heterocycles. The molecule has 0 radical (unpaired) electrons. The summed E-state index contributed by atoms with van der Waals surface area (Å²) in [6, 6.07) is 18.8. The first kappa shape index (κ1) is 31.7. The van der Waals surface area contributed by atoms with Gasteiger partial charge in [-0.1, -0.05) is 102 Å². The van der Waals surface area contributed by atoms with E-state index in [1.54, 1.807) is 18.2 Å². The Kier molecular flexibility index (Phi) is 8.62. The minimum atomic E-state index is -2.71. The van der Waals surface area contributed by atoms with Gasteiger partial charge in [-0.25, -0.2) is 0 Å². The Bertz CT molecular complexity index is 1480. The van der Waals surface area contributed by atoms with Gasteiger partial charge >= 0.3 is 0 Å². The first-order chi connectivity index (χ1) is 20.3. The first-order valence-corrected chi connectivity index (χ1v) is 17.7. The molecule has 0 fully saturated rings. The third kappa shape index (κ3) is 4.75. The molecular formula is C35H43ClO6Si. The van der Waals surface area contributed by atoms with Crippen LogP contribution in [0.1, 0.15) is 86.7 Å². The Balaban J connectivity index is 1.81. The van der Waals surface area contributed by atoms with Gasteiger partial charge in [0.25, 0.3) is 0 Å². The van der Waals surface area contributed by atoms with Crippen LogP contribution in [-0.4, -0.2) is 37.0 Å². The molecule has 0 aliphatic heterocycles. The van der Waals surface area contributed by atoms with Crippen LogP contribution in [0.3, 0.4) is 0 Å². The average molecular weight is 623 g/mol. The maximum atomic E-state index is 14.5. The lowest BCUT2D eigenvalue weighted by Crippen LogP contribution is -2.67. The van der Waals surface area contributed by atoms with E-state index < -0.39 is 31.4 Å². The number of ether oxygens (including phenoxy) is 2. The second kappa shape index (κ2) is 11.7. The Hall–Kier alpha value is -2.68. The lowest BCUT2D eigenvalue weighted by atomic mass is 9.58. The van der Waals surface area contributed by atoms with Crippen LogP contribution in [0.5, 0.6) is 11.5 Å². The van der Waals surface area contributed by atoms with Crippen molar-refractivity contribution in [3.05, 3.63) is 93.5 Å². The van der Waals surface area contributed by atoms with Crippen LogP contribution in [0.2, 0.25) is 21.6 Å². The number of benzene rings is 3. The van der Waals surface area contributed by atoms with Crippen molar-refractivity contribution in [3.63, 3.8) is 0 Å². The van der Waals surface area contributed by atoms with Gasteiger partial charge in [-0.3, -0.25) is 4.79 Å². The predicted octanol–water partition coefficient (Wildman–Crippen LogP) is 7.92. The van der Waals surface area contributed by atoms with Crippen molar-refractivity contribution >= 4 is 25.7 Å². The smallest absolute Gasteiger partial charge is 0.201 e. The Morgan fingerprint density at radius 2 is 1.58 bits per heavy atom. The number of ketones is 1. The van der Waals surface area contributed by atoms with Crippen molar-refractivity contribution in [3.8, 4) is 11.5 Å². The third-order valence-electron chi connectivity index (χ3n) is 9.76. The number of halogens is 1. The number of carbonyl (C=O) groups excluding carboxylic acids is 1. The Labute approximate surface area is 261 Å². The molecule has 2 aliphatic rings. The second-order valence-electron chi connectivity index (χ2n) is 12.9. The summed E-state index contributed by atoms with van der Waals surface area (Å²) in [4.78, 5) is 14.5. The van der Waals surface area contributed by atoms with Gasteiger partial charge in [0.1, 0.15) is 24.2 Å². The van der Waals surface area contributed by atoms with Crippen molar-refractivity contribution in [2.45, 2.75) is 94.9 Å². The molecule has 0 unspecified atom stereocenters. The number of hydrogen-bond donors (Lipinski definition) is 2. The minimum absolute atomic E-state index is 0.00598. The molecule has 3 aromatic carbocycles. The quantitative estimate of drug-likeness (QED) is 0.236. The summed E-state index contributed by atoms with van der Waals surface area (Å²) in [6.45, 7) is 13.3. The number of hydrogen-bond acceptors (Lipinski definition) is 6. The van der Waals surface area contributed by atoms with E-state index in [0.29, 0.717) is 23.3 Å². The fourth-order valence-electron chi connectivity index (χ4n) is 7.84. The van der Waals surface area contributed by atoms with E-state index in [1.807, 2.05) is 42.5 Å². The summed E-state index contributed by atoms with van der Waals surface area (Å²) in [6.07, 6.45) is -0.712. The van der Waals surface area contributed by atoms with Gasteiger partial charge in [0.2, 0.25) is 14.1 Å². The number of Topliss-reactive ketones (excluding diaryl/α,β-unsaturated/α-hetero) is 1. The maximum Gasteiger partial charge on any atom is 0.201 e. The fourth-order valence-corrected chi connectivity index (χ4v) is 13.6. The van der Waals surface area contributed by atoms with Crippen molar-refractivity contribution in [2.24, 2.45) is 0 Å². The van der Waals surface area contributed by atoms with Crippen molar-refractivity contribution in [2.75, 3.05) is 7.11 Å². The summed E-state index contributed by atoms with van der Waals surface area (Å²) in [5, 5.41) is 26.1. The molecule has 3 atom stereocenters. The van der Waals surface area contributed by atoms with Gasteiger partial charge in [-0.15, -0.1) is 0 Å². The minimum Gasteiger partial charge on any atom is -0.494 e. The highest BCUT2D eigenvalue weighted by Gasteiger charge is 2.69. The molecule has 2 N–H and O–H groups in total. The topological polar surface area (TPSA) is 85.2 Å². The standard InChI is InChI=1S/C35H43ClO6Si/c1-21(2)43(22(3)4,23(5)6)42-33-26-16-17-27(36)31(40-7)29(26)32(37)34(38)19-18-25-14-11-15-28(30(25)35(33,34)39)41-20-24-12-9-8-10-13-24/h8-17,21-23,33,38-39H,18-20H2,1-7H3/t33-,34-,35+/m1/s1. The highest BCUT2D eigenvalue weighted by atomic mass is 35.5. The lowest BCUT2D eigenvalue weighted by molar-refractivity contribution is -0.199. The molecule has 230 valence electrons. The number of fused-ring (bicyclic) bond motifs is 4. The number of methoxy groups -OCH3 is 1. The monoisotopic (exact) mass is 622 g/mol. The van der Waals surface area contributed by atoms with E-state index in [4.69, 9.17) is 25.5 Å². The highest BCUT2D eigenvalue weighted by Crippen LogP contribution is 2.62. The van der Waals surface area contributed by atoms with Crippen LogP contribution in [-0.2, 0) is 23.1 Å². The fraction of sp³-hybridized carbons (Fsp3) is 0.457. The van der Waals surface area contributed by atoms with Gasteiger partial charge in [-0.2, -0.15) is 0 Å². The number of aliphatic hydroxyl groups is 2. The molecule has 3 aromatic rings. The molecule has 0 saturated heterocycles. The first-order valence-electron chi connectivity index (χ1n) is 15.2. The maximum absolute atomic E-state index is 14.5. The number of carbonyl (C=O) groups is 1.